The summed E-state index contributed by atoms with van der Waals surface area (Å²) in [5.74, 6) is 0.0244. The Bertz CT molecular complexity index is 540. The second kappa shape index (κ2) is 6.91. The zero-order valence-electron chi connectivity index (χ0n) is 12.4. The Morgan fingerprint density at radius 3 is 2.43 bits per heavy atom. The second-order valence-corrected chi connectivity index (χ2v) is 5.70. The van der Waals surface area contributed by atoms with E-state index in [0.717, 1.165) is 37.4 Å². The molecule has 2 rings (SSSR count). The van der Waals surface area contributed by atoms with Crippen LogP contribution >= 0.6 is 11.6 Å². The first kappa shape index (κ1) is 15.8. The minimum atomic E-state index is -0.0972. The Morgan fingerprint density at radius 2 is 1.86 bits per heavy atom. The first-order valence-electron chi connectivity index (χ1n) is 6.99. The first-order chi connectivity index (χ1) is 9.95. The third kappa shape index (κ3) is 4.44. The van der Waals surface area contributed by atoms with Crippen LogP contribution in [0.2, 0.25) is 5.02 Å². The minimum absolute atomic E-state index is 0.0972. The van der Waals surface area contributed by atoms with Crippen molar-refractivity contribution in [3.63, 3.8) is 0 Å². The summed E-state index contributed by atoms with van der Waals surface area (Å²) in [5.41, 5.74) is 1.79. The molecular weight excluding hydrogens is 290 g/mol. The predicted octanol–water partition coefficient (Wildman–Crippen LogP) is 1.96. The van der Waals surface area contributed by atoms with E-state index in [9.17, 15) is 9.59 Å². The largest absolute Gasteiger partial charge is 0.340 e. The molecule has 1 fully saturated rings. The van der Waals surface area contributed by atoms with Crippen molar-refractivity contribution in [2.45, 2.75) is 20.4 Å². The summed E-state index contributed by atoms with van der Waals surface area (Å²) in [6, 6.07) is 5.47. The Balaban J connectivity index is 2.04. The van der Waals surface area contributed by atoms with Crippen LogP contribution < -0.4 is 5.32 Å². The lowest BCUT2D eigenvalue weighted by Gasteiger charge is -2.34. The first-order valence-corrected chi connectivity index (χ1v) is 7.37. The Hall–Kier alpha value is -1.59. The third-order valence-corrected chi connectivity index (χ3v) is 3.82. The number of nitrogens with zero attached hydrogens (tertiary/aromatic N) is 2. The van der Waals surface area contributed by atoms with Gasteiger partial charge in [-0.2, -0.15) is 0 Å². The lowest BCUT2D eigenvalue weighted by Crippen LogP contribution is -2.47. The standard InChI is InChI=1S/C15H20ClN3O2/c1-11(20)17-15-4-3-14(16)9-13(15)10-18-5-7-19(8-6-18)12(2)21/h3-4,9H,5-8,10H2,1-2H3,(H,17,20). The van der Waals surface area contributed by atoms with Crippen molar-refractivity contribution in [2.75, 3.05) is 31.5 Å². The highest BCUT2D eigenvalue weighted by molar-refractivity contribution is 6.30. The van der Waals surface area contributed by atoms with Crippen molar-refractivity contribution in [1.82, 2.24) is 9.80 Å². The highest BCUT2D eigenvalue weighted by atomic mass is 35.5. The van der Waals surface area contributed by atoms with Crippen LogP contribution in [-0.4, -0.2) is 47.8 Å². The minimum Gasteiger partial charge on any atom is -0.340 e. The molecule has 1 saturated heterocycles. The number of rotatable bonds is 3. The maximum Gasteiger partial charge on any atom is 0.221 e. The Morgan fingerprint density at radius 1 is 1.19 bits per heavy atom. The number of hydrogen-bond donors (Lipinski definition) is 1. The van der Waals surface area contributed by atoms with Crippen LogP contribution in [0.25, 0.3) is 0 Å². The number of piperazine rings is 1. The molecule has 1 N–H and O–H groups in total. The quantitative estimate of drug-likeness (QED) is 0.928. The maximum absolute atomic E-state index is 11.3. The summed E-state index contributed by atoms with van der Waals surface area (Å²) in [7, 11) is 0. The van der Waals surface area contributed by atoms with Gasteiger partial charge in [0.2, 0.25) is 11.8 Å². The summed E-state index contributed by atoms with van der Waals surface area (Å²) < 4.78 is 0. The van der Waals surface area contributed by atoms with Gasteiger partial charge >= 0.3 is 0 Å². The molecule has 1 aliphatic rings. The average molecular weight is 310 g/mol. The van der Waals surface area contributed by atoms with Crippen molar-refractivity contribution in [3.05, 3.63) is 28.8 Å². The number of benzene rings is 1. The van der Waals surface area contributed by atoms with E-state index >= 15 is 0 Å². The monoisotopic (exact) mass is 309 g/mol. The van der Waals surface area contributed by atoms with Crippen LogP contribution in [0, 0.1) is 0 Å². The molecule has 0 aromatic heterocycles. The van der Waals surface area contributed by atoms with Crippen molar-refractivity contribution in [2.24, 2.45) is 0 Å². The molecule has 0 bridgehead atoms. The molecule has 114 valence electrons. The molecule has 1 heterocycles. The number of halogens is 1. The summed E-state index contributed by atoms with van der Waals surface area (Å²) in [5, 5.41) is 3.48. The van der Waals surface area contributed by atoms with Crippen molar-refractivity contribution < 1.29 is 9.59 Å². The molecule has 0 radical (unpaired) electrons. The highest BCUT2D eigenvalue weighted by Crippen LogP contribution is 2.23. The van der Waals surface area contributed by atoms with Crippen molar-refractivity contribution in [1.29, 1.82) is 0 Å². The Labute approximate surface area is 129 Å². The van der Waals surface area contributed by atoms with Gasteiger partial charge in [-0.1, -0.05) is 11.6 Å². The lowest BCUT2D eigenvalue weighted by molar-refractivity contribution is -0.130. The van der Waals surface area contributed by atoms with Crippen LogP contribution in [0.1, 0.15) is 19.4 Å². The van der Waals surface area contributed by atoms with Gasteiger partial charge in [-0.15, -0.1) is 0 Å². The molecule has 0 unspecified atom stereocenters. The SMILES string of the molecule is CC(=O)Nc1ccc(Cl)cc1CN1CCN(C(C)=O)CC1. The van der Waals surface area contributed by atoms with Gasteiger partial charge in [0, 0.05) is 57.3 Å². The number of carbonyl (C=O) groups is 2. The van der Waals surface area contributed by atoms with Gasteiger partial charge in [-0.25, -0.2) is 0 Å². The van der Waals surface area contributed by atoms with Gasteiger partial charge in [-0.05, 0) is 23.8 Å². The van der Waals surface area contributed by atoms with Crippen LogP contribution in [0.4, 0.5) is 5.69 Å². The molecule has 2 amide bonds. The predicted molar refractivity (Wildman–Crippen MR) is 83.3 cm³/mol. The van der Waals surface area contributed by atoms with E-state index in [1.165, 1.54) is 6.92 Å². The normalized spacial score (nSPS) is 15.9. The van der Waals surface area contributed by atoms with Gasteiger partial charge < -0.3 is 10.2 Å². The highest BCUT2D eigenvalue weighted by Gasteiger charge is 2.19. The van der Waals surface area contributed by atoms with E-state index in [4.69, 9.17) is 11.6 Å². The van der Waals surface area contributed by atoms with E-state index < -0.39 is 0 Å². The Kier molecular flexibility index (Phi) is 5.20. The van der Waals surface area contributed by atoms with Crippen LogP contribution in [0.3, 0.4) is 0 Å². The van der Waals surface area contributed by atoms with E-state index in [1.807, 2.05) is 17.0 Å². The van der Waals surface area contributed by atoms with Gasteiger partial charge in [-0.3, -0.25) is 14.5 Å². The molecule has 0 spiro atoms. The number of anilines is 1. The molecule has 21 heavy (non-hydrogen) atoms. The topological polar surface area (TPSA) is 52.7 Å². The average Bonchev–Trinajstić information content (AvgIpc) is 2.42. The smallest absolute Gasteiger partial charge is 0.221 e. The molecule has 1 aliphatic heterocycles. The molecule has 1 aromatic rings. The van der Waals surface area contributed by atoms with Crippen LogP contribution in [-0.2, 0) is 16.1 Å². The van der Waals surface area contributed by atoms with Crippen LogP contribution in [0.5, 0.6) is 0 Å². The molecule has 0 atom stereocenters. The van der Waals surface area contributed by atoms with Crippen molar-refractivity contribution >= 4 is 29.1 Å². The summed E-state index contributed by atoms with van der Waals surface area (Å²) in [6.45, 7) is 6.93. The zero-order chi connectivity index (χ0) is 15.4. The number of hydrogen-bond acceptors (Lipinski definition) is 3. The van der Waals surface area contributed by atoms with E-state index in [0.29, 0.717) is 11.6 Å². The van der Waals surface area contributed by atoms with Gasteiger partial charge in [0.25, 0.3) is 0 Å². The molecular formula is C15H20ClN3O2. The number of carbonyl (C=O) groups excluding carboxylic acids is 2. The molecule has 5 nitrogen and oxygen atoms in total. The fraction of sp³-hybridized carbons (Fsp3) is 0.467. The van der Waals surface area contributed by atoms with Crippen molar-refractivity contribution in [3.8, 4) is 0 Å². The molecule has 0 aliphatic carbocycles. The fourth-order valence-corrected chi connectivity index (χ4v) is 2.66. The lowest BCUT2D eigenvalue weighted by atomic mass is 10.1. The van der Waals surface area contributed by atoms with E-state index in [2.05, 4.69) is 10.2 Å². The van der Waals surface area contributed by atoms with Crippen LogP contribution in [0.15, 0.2) is 18.2 Å². The molecule has 6 heteroatoms. The number of amides is 2. The summed E-state index contributed by atoms with van der Waals surface area (Å²) >= 11 is 6.05. The van der Waals surface area contributed by atoms with E-state index in [-0.39, 0.29) is 11.8 Å². The zero-order valence-corrected chi connectivity index (χ0v) is 13.1. The molecule has 0 saturated carbocycles. The second-order valence-electron chi connectivity index (χ2n) is 5.26. The van der Waals surface area contributed by atoms with Gasteiger partial charge in [0.05, 0.1) is 0 Å². The maximum atomic E-state index is 11.3. The van der Waals surface area contributed by atoms with E-state index in [1.54, 1.807) is 13.0 Å². The van der Waals surface area contributed by atoms with Gasteiger partial charge in [0.15, 0.2) is 0 Å². The molecule has 1 aromatic carbocycles. The summed E-state index contributed by atoms with van der Waals surface area (Å²) in [4.78, 5) is 26.7. The summed E-state index contributed by atoms with van der Waals surface area (Å²) in [6.07, 6.45) is 0. The third-order valence-electron chi connectivity index (χ3n) is 3.59. The van der Waals surface area contributed by atoms with Gasteiger partial charge in [0.1, 0.15) is 0 Å². The fourth-order valence-electron chi connectivity index (χ4n) is 2.47. The number of nitrogens with one attached hydrogen (secondary N) is 1.